The molecule has 2 aromatic rings. The van der Waals surface area contributed by atoms with Crippen LogP contribution < -0.4 is 10.5 Å². The zero-order valence-corrected chi connectivity index (χ0v) is 12.5. The number of nitrogen functional groups attached to an aromatic ring is 1. The summed E-state index contributed by atoms with van der Waals surface area (Å²) in [7, 11) is 1.61. The van der Waals surface area contributed by atoms with E-state index in [0.29, 0.717) is 24.6 Å². The Hall–Kier alpha value is -2.50. The molecule has 1 heterocycles. The van der Waals surface area contributed by atoms with E-state index in [-0.39, 0.29) is 5.91 Å². The van der Waals surface area contributed by atoms with Gasteiger partial charge >= 0.3 is 0 Å². The minimum atomic E-state index is -0.112. The van der Waals surface area contributed by atoms with Crippen LogP contribution >= 0.6 is 0 Å². The third kappa shape index (κ3) is 2.99. The summed E-state index contributed by atoms with van der Waals surface area (Å²) < 4.78 is 6.67. The number of carbonyl (C=O) groups excluding carboxylic acids is 1. The number of methoxy groups -OCH3 is 1. The van der Waals surface area contributed by atoms with E-state index in [9.17, 15) is 4.79 Å². The summed E-state index contributed by atoms with van der Waals surface area (Å²) in [5, 5.41) is 4.31. The van der Waals surface area contributed by atoms with Gasteiger partial charge in [-0.3, -0.25) is 4.79 Å². The van der Waals surface area contributed by atoms with Crippen molar-refractivity contribution in [1.82, 2.24) is 14.7 Å². The van der Waals surface area contributed by atoms with Gasteiger partial charge in [0.1, 0.15) is 11.6 Å². The topological polar surface area (TPSA) is 73.4 Å². The van der Waals surface area contributed by atoms with Crippen LogP contribution in [0.25, 0.3) is 5.69 Å². The van der Waals surface area contributed by atoms with Gasteiger partial charge in [0.2, 0.25) is 0 Å². The molecule has 1 amide bonds. The molecule has 0 radical (unpaired) electrons. The lowest BCUT2D eigenvalue weighted by molar-refractivity contribution is 0.0766. The van der Waals surface area contributed by atoms with Gasteiger partial charge in [-0.2, -0.15) is 5.10 Å². The van der Waals surface area contributed by atoms with Crippen molar-refractivity contribution in [2.45, 2.75) is 13.8 Å². The van der Waals surface area contributed by atoms with Gasteiger partial charge in [-0.25, -0.2) is 4.68 Å². The van der Waals surface area contributed by atoms with Crippen LogP contribution in [0.3, 0.4) is 0 Å². The fraction of sp³-hybridized carbons (Fsp3) is 0.333. The SMILES string of the molecule is CCN(CC)C(=O)c1cc(N)n(-c2ccc(OC)cc2)n1. The molecule has 2 N–H and O–H groups in total. The summed E-state index contributed by atoms with van der Waals surface area (Å²) in [4.78, 5) is 14.0. The van der Waals surface area contributed by atoms with E-state index < -0.39 is 0 Å². The van der Waals surface area contributed by atoms with Gasteiger partial charge in [0.15, 0.2) is 5.69 Å². The molecule has 0 spiro atoms. The first kappa shape index (κ1) is 14.9. The third-order valence-corrected chi connectivity index (χ3v) is 3.32. The Morgan fingerprint density at radius 1 is 1.29 bits per heavy atom. The van der Waals surface area contributed by atoms with Crippen LogP contribution in [0.2, 0.25) is 0 Å². The summed E-state index contributed by atoms with van der Waals surface area (Å²) >= 11 is 0. The summed E-state index contributed by atoms with van der Waals surface area (Å²) in [6.07, 6.45) is 0. The molecule has 21 heavy (non-hydrogen) atoms. The lowest BCUT2D eigenvalue weighted by atomic mass is 10.3. The quantitative estimate of drug-likeness (QED) is 0.912. The van der Waals surface area contributed by atoms with Gasteiger partial charge in [-0.05, 0) is 38.1 Å². The molecule has 0 unspecified atom stereocenters. The van der Waals surface area contributed by atoms with Crippen molar-refractivity contribution >= 4 is 11.7 Å². The minimum Gasteiger partial charge on any atom is -0.497 e. The molecule has 6 heteroatoms. The van der Waals surface area contributed by atoms with E-state index in [2.05, 4.69) is 5.10 Å². The van der Waals surface area contributed by atoms with Crippen molar-refractivity contribution in [1.29, 1.82) is 0 Å². The van der Waals surface area contributed by atoms with E-state index in [4.69, 9.17) is 10.5 Å². The molecule has 0 aliphatic heterocycles. The van der Waals surface area contributed by atoms with Crippen LogP contribution in [0, 0.1) is 0 Å². The van der Waals surface area contributed by atoms with E-state index in [1.807, 2.05) is 38.1 Å². The third-order valence-electron chi connectivity index (χ3n) is 3.32. The van der Waals surface area contributed by atoms with Crippen LogP contribution in [0.5, 0.6) is 5.75 Å². The number of hydrogen-bond donors (Lipinski definition) is 1. The predicted octanol–water partition coefficient (Wildman–Crippen LogP) is 1.95. The number of anilines is 1. The Kier molecular flexibility index (Phi) is 4.47. The van der Waals surface area contributed by atoms with E-state index >= 15 is 0 Å². The van der Waals surface area contributed by atoms with Gasteiger partial charge in [0.25, 0.3) is 5.91 Å². The zero-order valence-electron chi connectivity index (χ0n) is 12.5. The molecule has 0 saturated heterocycles. The van der Waals surface area contributed by atoms with Crippen molar-refractivity contribution < 1.29 is 9.53 Å². The second-order valence-corrected chi connectivity index (χ2v) is 4.54. The van der Waals surface area contributed by atoms with Crippen LogP contribution in [0.15, 0.2) is 30.3 Å². The number of benzene rings is 1. The Balaban J connectivity index is 2.32. The summed E-state index contributed by atoms with van der Waals surface area (Å²) in [6, 6.07) is 8.93. The molecule has 0 aliphatic rings. The first-order valence-electron chi connectivity index (χ1n) is 6.89. The molecule has 0 atom stereocenters. The monoisotopic (exact) mass is 288 g/mol. The molecule has 1 aromatic carbocycles. The molecule has 2 rings (SSSR count). The average Bonchev–Trinajstić information content (AvgIpc) is 2.90. The summed E-state index contributed by atoms with van der Waals surface area (Å²) in [5.41, 5.74) is 7.10. The number of carbonyl (C=O) groups is 1. The highest BCUT2D eigenvalue weighted by Crippen LogP contribution is 2.18. The van der Waals surface area contributed by atoms with Crippen molar-refractivity contribution in [3.05, 3.63) is 36.0 Å². The second-order valence-electron chi connectivity index (χ2n) is 4.54. The van der Waals surface area contributed by atoms with Crippen LogP contribution in [0.1, 0.15) is 24.3 Å². The maximum atomic E-state index is 12.3. The highest BCUT2D eigenvalue weighted by atomic mass is 16.5. The van der Waals surface area contributed by atoms with Gasteiger partial charge < -0.3 is 15.4 Å². The highest BCUT2D eigenvalue weighted by Gasteiger charge is 2.18. The van der Waals surface area contributed by atoms with Gasteiger partial charge in [-0.15, -0.1) is 0 Å². The molecule has 6 nitrogen and oxygen atoms in total. The highest BCUT2D eigenvalue weighted by molar-refractivity contribution is 5.93. The Morgan fingerprint density at radius 2 is 1.90 bits per heavy atom. The zero-order chi connectivity index (χ0) is 15.4. The van der Waals surface area contributed by atoms with Gasteiger partial charge in [0.05, 0.1) is 12.8 Å². The number of nitrogens with zero attached hydrogens (tertiary/aromatic N) is 3. The lowest BCUT2D eigenvalue weighted by Gasteiger charge is -2.16. The van der Waals surface area contributed by atoms with Crippen molar-refractivity contribution in [3.8, 4) is 11.4 Å². The molecule has 1 aromatic heterocycles. The first-order valence-corrected chi connectivity index (χ1v) is 6.89. The van der Waals surface area contributed by atoms with E-state index in [1.54, 1.807) is 22.8 Å². The first-order chi connectivity index (χ1) is 10.1. The number of aromatic nitrogens is 2. The van der Waals surface area contributed by atoms with Crippen LogP contribution in [-0.2, 0) is 0 Å². The Bertz CT molecular complexity index is 615. The second kappa shape index (κ2) is 6.30. The molecule has 0 aliphatic carbocycles. The van der Waals surface area contributed by atoms with E-state index in [1.165, 1.54) is 0 Å². The normalized spacial score (nSPS) is 10.4. The molecular weight excluding hydrogens is 268 g/mol. The number of ether oxygens (including phenoxy) is 1. The predicted molar refractivity (Wildman–Crippen MR) is 81.8 cm³/mol. The molecule has 0 fully saturated rings. The van der Waals surface area contributed by atoms with Gasteiger partial charge in [0, 0.05) is 19.2 Å². The van der Waals surface area contributed by atoms with Crippen molar-refractivity contribution in [2.24, 2.45) is 0 Å². The fourth-order valence-corrected chi connectivity index (χ4v) is 2.10. The Labute approximate surface area is 124 Å². The minimum absolute atomic E-state index is 0.112. The van der Waals surface area contributed by atoms with Crippen LogP contribution in [-0.4, -0.2) is 40.8 Å². The standard InChI is InChI=1S/C15H20N4O2/c1-4-18(5-2)15(20)13-10-14(16)19(17-13)11-6-8-12(21-3)9-7-11/h6-10H,4-5,16H2,1-3H3. The maximum absolute atomic E-state index is 12.3. The van der Waals surface area contributed by atoms with Crippen molar-refractivity contribution in [2.75, 3.05) is 25.9 Å². The van der Waals surface area contributed by atoms with Crippen LogP contribution in [0.4, 0.5) is 5.82 Å². The molecular formula is C15H20N4O2. The van der Waals surface area contributed by atoms with E-state index in [0.717, 1.165) is 11.4 Å². The van der Waals surface area contributed by atoms with Crippen molar-refractivity contribution in [3.63, 3.8) is 0 Å². The number of rotatable bonds is 5. The molecule has 0 saturated carbocycles. The average molecular weight is 288 g/mol. The smallest absolute Gasteiger partial charge is 0.274 e. The number of nitrogens with two attached hydrogens (primary N) is 1. The Morgan fingerprint density at radius 3 is 2.43 bits per heavy atom. The maximum Gasteiger partial charge on any atom is 0.274 e. The van der Waals surface area contributed by atoms with Gasteiger partial charge in [-0.1, -0.05) is 0 Å². The lowest BCUT2D eigenvalue weighted by Crippen LogP contribution is -2.30. The number of hydrogen-bond acceptors (Lipinski definition) is 4. The summed E-state index contributed by atoms with van der Waals surface area (Å²) in [6.45, 7) is 5.16. The largest absolute Gasteiger partial charge is 0.497 e. The summed E-state index contributed by atoms with van der Waals surface area (Å²) in [5.74, 6) is 1.07. The molecule has 0 bridgehead atoms. The number of amides is 1. The molecule has 112 valence electrons. The fourth-order valence-electron chi connectivity index (χ4n) is 2.10.